The Morgan fingerprint density at radius 2 is 2.25 bits per heavy atom. The molecule has 0 radical (unpaired) electrons. The lowest BCUT2D eigenvalue weighted by atomic mass is 10.1. The van der Waals surface area contributed by atoms with Crippen molar-refractivity contribution < 1.29 is 9.90 Å². The first kappa shape index (κ1) is 11.4. The Kier molecular flexibility index (Phi) is 5.66. The van der Waals surface area contributed by atoms with E-state index >= 15 is 0 Å². The lowest BCUT2D eigenvalue weighted by molar-refractivity contribution is -0.122. The van der Waals surface area contributed by atoms with Gasteiger partial charge in [0.1, 0.15) is 0 Å². The zero-order valence-corrected chi connectivity index (χ0v) is 7.71. The van der Waals surface area contributed by atoms with Crippen LogP contribution in [0.1, 0.15) is 26.7 Å². The van der Waals surface area contributed by atoms with E-state index in [9.17, 15) is 4.79 Å². The second kappa shape index (κ2) is 5.97. The van der Waals surface area contributed by atoms with Gasteiger partial charge in [0.2, 0.25) is 5.91 Å². The van der Waals surface area contributed by atoms with Gasteiger partial charge in [-0.15, -0.1) is 0 Å². The third kappa shape index (κ3) is 4.31. The van der Waals surface area contributed by atoms with E-state index in [1.54, 1.807) is 6.92 Å². The van der Waals surface area contributed by atoms with Crippen molar-refractivity contribution in [1.82, 2.24) is 5.32 Å². The van der Waals surface area contributed by atoms with Crippen molar-refractivity contribution in [3.8, 4) is 0 Å². The lowest BCUT2D eigenvalue weighted by Gasteiger charge is -2.16. The Labute approximate surface area is 73.1 Å². The molecule has 0 aliphatic rings. The van der Waals surface area contributed by atoms with Crippen LogP contribution in [0.15, 0.2) is 0 Å². The van der Waals surface area contributed by atoms with E-state index in [2.05, 4.69) is 5.32 Å². The van der Waals surface area contributed by atoms with Crippen molar-refractivity contribution in [2.24, 2.45) is 5.73 Å². The first-order chi connectivity index (χ1) is 5.61. The van der Waals surface area contributed by atoms with Crippen molar-refractivity contribution in [2.45, 2.75) is 38.8 Å². The second-order valence-corrected chi connectivity index (χ2v) is 2.91. The highest BCUT2D eigenvalue weighted by atomic mass is 16.3. The van der Waals surface area contributed by atoms with Gasteiger partial charge in [-0.2, -0.15) is 0 Å². The molecule has 4 heteroatoms. The van der Waals surface area contributed by atoms with Crippen molar-refractivity contribution in [2.75, 3.05) is 6.61 Å². The molecule has 0 aromatic heterocycles. The van der Waals surface area contributed by atoms with Gasteiger partial charge in [0.05, 0.1) is 6.04 Å². The summed E-state index contributed by atoms with van der Waals surface area (Å²) in [6.07, 6.45) is 1.41. The van der Waals surface area contributed by atoms with Gasteiger partial charge < -0.3 is 16.2 Å². The Morgan fingerprint density at radius 1 is 1.67 bits per heavy atom. The molecular formula is C8H18N2O2. The number of hydrogen-bond donors (Lipinski definition) is 3. The number of aliphatic hydroxyl groups is 1. The summed E-state index contributed by atoms with van der Waals surface area (Å²) in [4.78, 5) is 11.1. The molecule has 0 aromatic carbocycles. The van der Waals surface area contributed by atoms with Crippen LogP contribution in [0.4, 0.5) is 0 Å². The van der Waals surface area contributed by atoms with Gasteiger partial charge in [0.25, 0.3) is 0 Å². The molecule has 0 aliphatic heterocycles. The minimum atomic E-state index is -0.474. The summed E-state index contributed by atoms with van der Waals surface area (Å²) in [7, 11) is 0. The molecule has 12 heavy (non-hydrogen) atoms. The lowest BCUT2D eigenvalue weighted by Crippen LogP contribution is -2.43. The molecule has 0 aromatic rings. The molecule has 0 saturated carbocycles. The number of aliphatic hydroxyl groups excluding tert-OH is 1. The normalized spacial score (nSPS) is 15.3. The predicted octanol–water partition coefficient (Wildman–Crippen LogP) is -0.389. The van der Waals surface area contributed by atoms with Gasteiger partial charge in [0.15, 0.2) is 0 Å². The number of nitrogens with two attached hydrogens (primary N) is 1. The maximum absolute atomic E-state index is 11.1. The van der Waals surface area contributed by atoms with Crippen LogP contribution in [-0.2, 0) is 4.79 Å². The first-order valence-electron chi connectivity index (χ1n) is 4.28. The molecule has 1 amide bonds. The summed E-state index contributed by atoms with van der Waals surface area (Å²) < 4.78 is 0. The molecule has 4 nitrogen and oxygen atoms in total. The van der Waals surface area contributed by atoms with Crippen molar-refractivity contribution in [3.05, 3.63) is 0 Å². The van der Waals surface area contributed by atoms with Crippen molar-refractivity contribution in [1.29, 1.82) is 0 Å². The van der Waals surface area contributed by atoms with Crippen LogP contribution >= 0.6 is 0 Å². The summed E-state index contributed by atoms with van der Waals surface area (Å²) in [5, 5.41) is 11.4. The standard InChI is InChI=1S/C8H18N2O2/c1-3-7(4-5-11)10-8(12)6(2)9/h6-7,11H,3-5,9H2,1-2H3,(H,10,12)/t6-,7?/m1/s1. The highest BCUT2D eigenvalue weighted by Crippen LogP contribution is 1.96. The molecule has 72 valence electrons. The molecule has 0 heterocycles. The van der Waals surface area contributed by atoms with Crippen LogP contribution in [0, 0.1) is 0 Å². The van der Waals surface area contributed by atoms with Gasteiger partial charge >= 0.3 is 0 Å². The summed E-state index contributed by atoms with van der Waals surface area (Å²) in [5.74, 6) is -0.157. The average Bonchev–Trinajstić information content (AvgIpc) is 2.03. The first-order valence-corrected chi connectivity index (χ1v) is 4.28. The third-order valence-corrected chi connectivity index (χ3v) is 1.73. The van der Waals surface area contributed by atoms with E-state index in [0.717, 1.165) is 6.42 Å². The molecule has 0 saturated heterocycles. The number of amides is 1. The van der Waals surface area contributed by atoms with Gasteiger partial charge in [-0.3, -0.25) is 4.79 Å². The second-order valence-electron chi connectivity index (χ2n) is 2.91. The molecule has 4 N–H and O–H groups in total. The summed E-state index contributed by atoms with van der Waals surface area (Å²) in [5.41, 5.74) is 5.36. The monoisotopic (exact) mass is 174 g/mol. The van der Waals surface area contributed by atoms with Gasteiger partial charge in [-0.05, 0) is 19.8 Å². The van der Waals surface area contributed by atoms with E-state index in [1.807, 2.05) is 6.92 Å². The SMILES string of the molecule is CCC(CCO)NC(=O)[C@@H](C)N. The minimum Gasteiger partial charge on any atom is -0.396 e. The fraction of sp³-hybridized carbons (Fsp3) is 0.875. The molecule has 0 aliphatic carbocycles. The van der Waals surface area contributed by atoms with Crippen LogP contribution in [0.3, 0.4) is 0 Å². The molecule has 0 bridgehead atoms. The largest absolute Gasteiger partial charge is 0.396 e. The van der Waals surface area contributed by atoms with Gasteiger partial charge in [-0.1, -0.05) is 6.92 Å². The molecule has 1 unspecified atom stereocenters. The van der Waals surface area contributed by atoms with Crippen LogP contribution in [0.2, 0.25) is 0 Å². The molecule has 0 rings (SSSR count). The van der Waals surface area contributed by atoms with E-state index < -0.39 is 6.04 Å². The number of rotatable bonds is 5. The quantitative estimate of drug-likeness (QED) is 0.531. The Balaban J connectivity index is 3.77. The number of carbonyl (C=O) groups excluding carboxylic acids is 1. The molecule has 0 spiro atoms. The number of carbonyl (C=O) groups is 1. The van der Waals surface area contributed by atoms with Gasteiger partial charge in [-0.25, -0.2) is 0 Å². The van der Waals surface area contributed by atoms with Crippen LogP contribution in [-0.4, -0.2) is 29.7 Å². The number of nitrogens with one attached hydrogen (secondary N) is 1. The van der Waals surface area contributed by atoms with E-state index in [-0.39, 0.29) is 18.6 Å². The van der Waals surface area contributed by atoms with Crippen LogP contribution in [0.5, 0.6) is 0 Å². The Hall–Kier alpha value is -0.610. The van der Waals surface area contributed by atoms with Crippen LogP contribution in [0.25, 0.3) is 0 Å². The number of hydrogen-bond acceptors (Lipinski definition) is 3. The fourth-order valence-corrected chi connectivity index (χ4v) is 0.867. The van der Waals surface area contributed by atoms with E-state index in [0.29, 0.717) is 6.42 Å². The molecule has 2 atom stereocenters. The van der Waals surface area contributed by atoms with Crippen LogP contribution < -0.4 is 11.1 Å². The summed E-state index contributed by atoms with van der Waals surface area (Å²) >= 11 is 0. The average molecular weight is 174 g/mol. The van der Waals surface area contributed by atoms with Gasteiger partial charge in [0, 0.05) is 12.6 Å². The minimum absolute atomic E-state index is 0.0495. The zero-order chi connectivity index (χ0) is 9.56. The third-order valence-electron chi connectivity index (χ3n) is 1.73. The smallest absolute Gasteiger partial charge is 0.236 e. The van der Waals surface area contributed by atoms with Crippen molar-refractivity contribution in [3.63, 3.8) is 0 Å². The fourth-order valence-electron chi connectivity index (χ4n) is 0.867. The molecule has 0 fully saturated rings. The highest BCUT2D eigenvalue weighted by molar-refractivity contribution is 5.81. The summed E-state index contributed by atoms with van der Waals surface area (Å²) in [6, 6.07) is -0.425. The zero-order valence-electron chi connectivity index (χ0n) is 7.71. The van der Waals surface area contributed by atoms with Crippen molar-refractivity contribution >= 4 is 5.91 Å². The maximum atomic E-state index is 11.1. The highest BCUT2D eigenvalue weighted by Gasteiger charge is 2.12. The Morgan fingerprint density at radius 3 is 2.58 bits per heavy atom. The predicted molar refractivity (Wildman–Crippen MR) is 47.6 cm³/mol. The topological polar surface area (TPSA) is 75.3 Å². The van der Waals surface area contributed by atoms with E-state index in [1.165, 1.54) is 0 Å². The molecular weight excluding hydrogens is 156 g/mol. The maximum Gasteiger partial charge on any atom is 0.236 e. The Bertz CT molecular complexity index is 137. The summed E-state index contributed by atoms with van der Waals surface area (Å²) in [6.45, 7) is 3.69. The van der Waals surface area contributed by atoms with E-state index in [4.69, 9.17) is 10.8 Å².